The third-order valence-electron chi connectivity index (χ3n) is 5.08. The lowest BCUT2D eigenvalue weighted by atomic mass is 9.84. The van der Waals surface area contributed by atoms with Crippen LogP contribution in [0.3, 0.4) is 0 Å². The Balaban J connectivity index is 1.93. The van der Waals surface area contributed by atoms with E-state index in [4.69, 9.17) is 4.74 Å². The molecule has 1 aliphatic carbocycles. The molecule has 3 heteroatoms. The number of hydrogen-bond donors (Lipinski definition) is 1. The van der Waals surface area contributed by atoms with Crippen molar-refractivity contribution in [1.29, 1.82) is 0 Å². The fourth-order valence-corrected chi connectivity index (χ4v) is 4.06. The predicted molar refractivity (Wildman–Crippen MR) is 85.1 cm³/mol. The van der Waals surface area contributed by atoms with Crippen LogP contribution in [-0.2, 0) is 4.74 Å². The van der Waals surface area contributed by atoms with Crippen molar-refractivity contribution in [3.63, 3.8) is 0 Å². The highest BCUT2D eigenvalue weighted by Crippen LogP contribution is 2.41. The fraction of sp³-hybridized carbons (Fsp3) is 1.00. The minimum Gasteiger partial charge on any atom is -0.373 e. The Bertz CT molecular complexity index is 314. The molecule has 2 fully saturated rings. The average Bonchev–Trinajstić information content (AvgIpc) is 2.61. The van der Waals surface area contributed by atoms with Gasteiger partial charge in [0.1, 0.15) is 0 Å². The number of morpholine rings is 1. The Kier molecular flexibility index (Phi) is 5.14. The van der Waals surface area contributed by atoms with Crippen LogP contribution in [0.5, 0.6) is 0 Å². The second-order valence-electron chi connectivity index (χ2n) is 8.06. The number of nitrogens with zero attached hydrogens (tertiary/aromatic N) is 1. The molecule has 1 N–H and O–H groups in total. The number of ether oxygens (including phenoxy) is 1. The first-order valence-electron chi connectivity index (χ1n) is 8.44. The predicted octanol–water partition coefficient (Wildman–Crippen LogP) is 2.90. The third-order valence-corrected chi connectivity index (χ3v) is 5.08. The summed E-state index contributed by atoms with van der Waals surface area (Å²) in [7, 11) is 0. The molecule has 0 spiro atoms. The van der Waals surface area contributed by atoms with Crippen LogP contribution in [0, 0.1) is 11.3 Å². The summed E-state index contributed by atoms with van der Waals surface area (Å²) in [5.41, 5.74) is 0.473. The van der Waals surface area contributed by atoms with Crippen LogP contribution >= 0.6 is 0 Å². The van der Waals surface area contributed by atoms with Gasteiger partial charge in [-0.1, -0.05) is 20.8 Å². The molecule has 2 rings (SSSR count). The van der Waals surface area contributed by atoms with E-state index in [0.717, 1.165) is 32.2 Å². The molecular formula is C17H34N2O. The van der Waals surface area contributed by atoms with Gasteiger partial charge >= 0.3 is 0 Å². The number of hydrogen-bond acceptors (Lipinski definition) is 3. The maximum Gasteiger partial charge on any atom is 0.0753 e. The highest BCUT2D eigenvalue weighted by atomic mass is 16.5. The molecule has 0 bridgehead atoms. The van der Waals surface area contributed by atoms with Crippen molar-refractivity contribution in [3.05, 3.63) is 0 Å². The molecule has 20 heavy (non-hydrogen) atoms. The van der Waals surface area contributed by atoms with Crippen molar-refractivity contribution >= 4 is 0 Å². The van der Waals surface area contributed by atoms with Crippen molar-refractivity contribution in [3.8, 4) is 0 Å². The summed E-state index contributed by atoms with van der Waals surface area (Å²) in [4.78, 5) is 2.62. The first-order chi connectivity index (χ1) is 9.34. The quantitative estimate of drug-likeness (QED) is 0.839. The third kappa shape index (κ3) is 3.96. The van der Waals surface area contributed by atoms with Gasteiger partial charge in [-0.2, -0.15) is 0 Å². The van der Waals surface area contributed by atoms with E-state index < -0.39 is 0 Å². The van der Waals surface area contributed by atoms with Gasteiger partial charge < -0.3 is 10.1 Å². The van der Waals surface area contributed by atoms with Gasteiger partial charge in [-0.3, -0.25) is 4.90 Å². The molecule has 118 valence electrons. The van der Waals surface area contributed by atoms with Crippen LogP contribution in [-0.4, -0.2) is 49.3 Å². The zero-order valence-electron chi connectivity index (χ0n) is 14.2. The highest BCUT2D eigenvalue weighted by molar-refractivity contribution is 4.97. The highest BCUT2D eigenvalue weighted by Gasteiger charge is 2.42. The van der Waals surface area contributed by atoms with E-state index in [1.165, 1.54) is 25.8 Å². The van der Waals surface area contributed by atoms with E-state index in [-0.39, 0.29) is 5.60 Å². The monoisotopic (exact) mass is 282 g/mol. The second-order valence-corrected chi connectivity index (χ2v) is 8.06. The van der Waals surface area contributed by atoms with E-state index in [0.29, 0.717) is 11.5 Å². The smallest absolute Gasteiger partial charge is 0.0753 e. The van der Waals surface area contributed by atoms with Gasteiger partial charge in [-0.05, 0) is 51.0 Å². The molecule has 0 amide bonds. The molecule has 1 saturated heterocycles. The lowest BCUT2D eigenvalue weighted by Crippen LogP contribution is -2.52. The van der Waals surface area contributed by atoms with Crippen LogP contribution in [0.1, 0.15) is 53.9 Å². The summed E-state index contributed by atoms with van der Waals surface area (Å²) >= 11 is 0. The molecule has 1 aliphatic heterocycles. The lowest BCUT2D eigenvalue weighted by molar-refractivity contribution is -0.0897. The Morgan fingerprint density at radius 3 is 2.65 bits per heavy atom. The molecule has 3 nitrogen and oxygen atoms in total. The molecule has 0 aromatic heterocycles. The van der Waals surface area contributed by atoms with E-state index in [1.54, 1.807) is 0 Å². The average molecular weight is 282 g/mol. The zero-order chi connectivity index (χ0) is 14.8. The summed E-state index contributed by atoms with van der Waals surface area (Å²) < 4.78 is 5.84. The second kappa shape index (κ2) is 6.33. The summed E-state index contributed by atoms with van der Waals surface area (Å²) in [6, 6.07) is 0.674. The van der Waals surface area contributed by atoms with Gasteiger partial charge in [-0.15, -0.1) is 0 Å². The van der Waals surface area contributed by atoms with Crippen molar-refractivity contribution in [2.75, 3.05) is 32.8 Å². The lowest BCUT2D eigenvalue weighted by Gasteiger charge is -2.41. The molecule has 2 atom stereocenters. The molecule has 1 saturated carbocycles. The molecule has 0 aromatic rings. The van der Waals surface area contributed by atoms with Crippen molar-refractivity contribution in [1.82, 2.24) is 10.2 Å². The van der Waals surface area contributed by atoms with Crippen LogP contribution in [0.25, 0.3) is 0 Å². The topological polar surface area (TPSA) is 24.5 Å². The standard InChI is InChI=1S/C17H34N2O/c1-6-9-18-15-14(7-8-16(15,2)3)12-19-10-11-20-17(4,5)13-19/h14-15,18H,6-13H2,1-5H3. The van der Waals surface area contributed by atoms with E-state index in [9.17, 15) is 0 Å². The first kappa shape index (κ1) is 16.3. The van der Waals surface area contributed by atoms with E-state index in [1.807, 2.05) is 0 Å². The van der Waals surface area contributed by atoms with Crippen LogP contribution in [0.15, 0.2) is 0 Å². The van der Waals surface area contributed by atoms with Gasteiger partial charge in [0.25, 0.3) is 0 Å². The van der Waals surface area contributed by atoms with Crippen LogP contribution in [0.4, 0.5) is 0 Å². The van der Waals surface area contributed by atoms with Gasteiger partial charge in [0.05, 0.1) is 12.2 Å². The maximum atomic E-state index is 5.84. The molecule has 2 aliphatic rings. The SMILES string of the molecule is CCCNC1C(CN2CCOC(C)(C)C2)CCC1(C)C. The van der Waals surface area contributed by atoms with E-state index >= 15 is 0 Å². The Labute approximate surface area is 125 Å². The summed E-state index contributed by atoms with van der Waals surface area (Å²) in [6.45, 7) is 17.0. The summed E-state index contributed by atoms with van der Waals surface area (Å²) in [5.74, 6) is 0.797. The molecule has 2 unspecified atom stereocenters. The minimum absolute atomic E-state index is 0.0265. The minimum atomic E-state index is 0.0265. The largest absolute Gasteiger partial charge is 0.373 e. The van der Waals surface area contributed by atoms with Gasteiger partial charge in [-0.25, -0.2) is 0 Å². The van der Waals surface area contributed by atoms with Crippen LogP contribution < -0.4 is 5.32 Å². The maximum absolute atomic E-state index is 5.84. The first-order valence-corrected chi connectivity index (χ1v) is 8.44. The van der Waals surface area contributed by atoms with Crippen molar-refractivity contribution < 1.29 is 4.74 Å². The Morgan fingerprint density at radius 2 is 2.00 bits per heavy atom. The fourth-order valence-electron chi connectivity index (χ4n) is 4.06. The summed E-state index contributed by atoms with van der Waals surface area (Å²) in [6.07, 6.45) is 3.95. The zero-order valence-corrected chi connectivity index (χ0v) is 14.2. The van der Waals surface area contributed by atoms with E-state index in [2.05, 4.69) is 44.8 Å². The molecule has 1 heterocycles. The number of nitrogens with one attached hydrogen (secondary N) is 1. The normalized spacial score (nSPS) is 33.5. The van der Waals surface area contributed by atoms with Crippen molar-refractivity contribution in [2.45, 2.75) is 65.5 Å². The Morgan fingerprint density at radius 1 is 1.25 bits per heavy atom. The van der Waals surface area contributed by atoms with Gasteiger partial charge in [0.15, 0.2) is 0 Å². The molecule has 0 aromatic carbocycles. The Hall–Kier alpha value is -0.120. The van der Waals surface area contributed by atoms with Crippen molar-refractivity contribution in [2.24, 2.45) is 11.3 Å². The van der Waals surface area contributed by atoms with Gasteiger partial charge in [0, 0.05) is 25.7 Å². The number of rotatable bonds is 5. The molecule has 0 radical (unpaired) electrons. The van der Waals surface area contributed by atoms with Gasteiger partial charge in [0.2, 0.25) is 0 Å². The van der Waals surface area contributed by atoms with Crippen LogP contribution in [0.2, 0.25) is 0 Å². The summed E-state index contributed by atoms with van der Waals surface area (Å²) in [5, 5.41) is 3.82. The molecular weight excluding hydrogens is 248 g/mol.